The minimum Gasteiger partial charge on any atom is -0.481 e. The zero-order valence-electron chi connectivity index (χ0n) is 16.5. The van der Waals surface area contributed by atoms with Crippen LogP contribution in [0.25, 0.3) is 5.69 Å². The maximum atomic E-state index is 12.5. The van der Waals surface area contributed by atoms with Gasteiger partial charge in [-0.05, 0) is 32.0 Å². The lowest BCUT2D eigenvalue weighted by atomic mass is 10.0. The maximum absolute atomic E-state index is 12.5. The van der Waals surface area contributed by atoms with Crippen molar-refractivity contribution in [1.82, 2.24) is 14.7 Å². The Balaban J connectivity index is 1.74. The first-order valence-corrected chi connectivity index (χ1v) is 9.80. The van der Waals surface area contributed by atoms with Crippen molar-refractivity contribution >= 4 is 17.7 Å². The van der Waals surface area contributed by atoms with Gasteiger partial charge in [-0.15, -0.1) is 0 Å². The van der Waals surface area contributed by atoms with Gasteiger partial charge in [-0.2, -0.15) is 5.10 Å². The number of carbonyl (C=O) groups excluding carboxylic acids is 1. The average molecular weight is 384 g/mol. The van der Waals surface area contributed by atoms with E-state index < -0.39 is 11.9 Å². The number of likely N-dealkylation sites (N-methyl/N-ethyl adjacent to an activating group) is 1. The lowest BCUT2D eigenvalue weighted by Crippen LogP contribution is -2.35. The molecule has 150 valence electrons. The third-order valence-electron chi connectivity index (χ3n) is 5.19. The molecule has 1 aliphatic carbocycles. The number of hydrogen-bond donors (Lipinski definition) is 2. The summed E-state index contributed by atoms with van der Waals surface area (Å²) in [7, 11) is 1.75. The summed E-state index contributed by atoms with van der Waals surface area (Å²) in [4.78, 5) is 25.3. The predicted octanol–water partition coefficient (Wildman–Crippen LogP) is 3.12. The lowest BCUT2D eigenvalue weighted by Gasteiger charge is -2.18. The Morgan fingerprint density at radius 1 is 1.29 bits per heavy atom. The third-order valence-corrected chi connectivity index (χ3v) is 5.19. The standard InChI is InChI=1S/C21H28N4O3/c1-15(21(27)28)13-24(2)14-20(26)22-19-12-18(16-8-6-7-9-16)23-25(19)17-10-4-3-5-11-17/h3-5,10-12,15-16H,6-9,13-14H2,1-2H3,(H,22,26)(H,27,28). The molecule has 1 saturated carbocycles. The first-order valence-electron chi connectivity index (χ1n) is 9.80. The van der Waals surface area contributed by atoms with E-state index in [9.17, 15) is 9.59 Å². The van der Waals surface area contributed by atoms with E-state index in [0.717, 1.165) is 24.2 Å². The zero-order chi connectivity index (χ0) is 20.1. The molecule has 1 amide bonds. The zero-order valence-corrected chi connectivity index (χ0v) is 16.5. The molecule has 1 fully saturated rings. The Morgan fingerprint density at radius 2 is 1.96 bits per heavy atom. The van der Waals surface area contributed by atoms with E-state index >= 15 is 0 Å². The summed E-state index contributed by atoms with van der Waals surface area (Å²) >= 11 is 0. The number of hydrogen-bond acceptors (Lipinski definition) is 4. The molecule has 1 atom stereocenters. The van der Waals surface area contributed by atoms with Crippen LogP contribution in [0.1, 0.15) is 44.2 Å². The number of aliphatic carboxylic acids is 1. The number of anilines is 1. The van der Waals surface area contributed by atoms with E-state index in [-0.39, 0.29) is 12.5 Å². The molecule has 1 aliphatic rings. The van der Waals surface area contributed by atoms with Crippen molar-refractivity contribution in [1.29, 1.82) is 0 Å². The summed E-state index contributed by atoms with van der Waals surface area (Å²) < 4.78 is 1.78. The molecule has 1 heterocycles. The van der Waals surface area contributed by atoms with Crippen LogP contribution < -0.4 is 5.32 Å². The van der Waals surface area contributed by atoms with Crippen molar-refractivity contribution in [2.24, 2.45) is 5.92 Å². The minimum absolute atomic E-state index is 0.121. The Bertz CT molecular complexity index is 812. The fraction of sp³-hybridized carbons (Fsp3) is 0.476. The summed E-state index contributed by atoms with van der Waals surface area (Å²) in [5.74, 6) is -0.482. The summed E-state index contributed by atoms with van der Waals surface area (Å²) in [6.07, 6.45) is 4.71. The van der Waals surface area contributed by atoms with Crippen molar-refractivity contribution in [2.75, 3.05) is 25.5 Å². The molecule has 7 heteroatoms. The molecule has 3 rings (SSSR count). The minimum atomic E-state index is -0.865. The number of benzene rings is 1. The quantitative estimate of drug-likeness (QED) is 0.730. The number of carboxylic acids is 1. The number of nitrogens with zero attached hydrogens (tertiary/aromatic N) is 3. The maximum Gasteiger partial charge on any atom is 0.307 e. The molecule has 1 aromatic heterocycles. The Morgan fingerprint density at radius 3 is 2.61 bits per heavy atom. The second-order valence-corrected chi connectivity index (χ2v) is 7.67. The molecule has 1 aromatic carbocycles. The molecule has 2 N–H and O–H groups in total. The van der Waals surface area contributed by atoms with Crippen LogP contribution in [0, 0.1) is 5.92 Å². The number of aromatic nitrogens is 2. The molecule has 0 bridgehead atoms. The first-order chi connectivity index (χ1) is 13.4. The Kier molecular flexibility index (Phi) is 6.46. The number of para-hydroxylation sites is 1. The van der Waals surface area contributed by atoms with Gasteiger partial charge in [0, 0.05) is 18.5 Å². The van der Waals surface area contributed by atoms with Crippen molar-refractivity contribution in [3.05, 3.63) is 42.1 Å². The van der Waals surface area contributed by atoms with Gasteiger partial charge in [-0.1, -0.05) is 38.0 Å². The van der Waals surface area contributed by atoms with Crippen molar-refractivity contribution in [3.8, 4) is 5.69 Å². The summed E-state index contributed by atoms with van der Waals surface area (Å²) in [5, 5.41) is 16.8. The molecular weight excluding hydrogens is 356 g/mol. The van der Waals surface area contributed by atoms with Crippen LogP contribution in [0.4, 0.5) is 5.82 Å². The molecule has 2 aromatic rings. The molecule has 0 radical (unpaired) electrons. The van der Waals surface area contributed by atoms with Gasteiger partial charge in [-0.3, -0.25) is 14.5 Å². The largest absolute Gasteiger partial charge is 0.481 e. The highest BCUT2D eigenvalue weighted by Gasteiger charge is 2.23. The summed E-state index contributed by atoms with van der Waals surface area (Å²) in [6.45, 7) is 2.07. The molecule has 28 heavy (non-hydrogen) atoms. The number of nitrogens with one attached hydrogen (secondary N) is 1. The number of carboxylic acid groups (broad SMARTS) is 1. The van der Waals surface area contributed by atoms with Gasteiger partial charge >= 0.3 is 5.97 Å². The van der Waals surface area contributed by atoms with E-state index in [1.165, 1.54) is 12.8 Å². The second kappa shape index (κ2) is 9.01. The van der Waals surface area contributed by atoms with E-state index in [0.29, 0.717) is 18.3 Å². The molecule has 0 aliphatic heterocycles. The summed E-state index contributed by atoms with van der Waals surface area (Å²) in [5.41, 5.74) is 1.92. The van der Waals surface area contributed by atoms with Gasteiger partial charge < -0.3 is 10.4 Å². The van der Waals surface area contributed by atoms with Gasteiger partial charge in [0.1, 0.15) is 5.82 Å². The topological polar surface area (TPSA) is 87.5 Å². The number of amides is 1. The van der Waals surface area contributed by atoms with Crippen LogP contribution in [0.15, 0.2) is 36.4 Å². The molecule has 7 nitrogen and oxygen atoms in total. The fourth-order valence-corrected chi connectivity index (χ4v) is 3.71. The molecular formula is C21H28N4O3. The summed E-state index contributed by atoms with van der Waals surface area (Å²) in [6, 6.07) is 11.7. The molecule has 0 saturated heterocycles. The number of carbonyl (C=O) groups is 2. The van der Waals surface area contributed by atoms with E-state index in [4.69, 9.17) is 10.2 Å². The van der Waals surface area contributed by atoms with Gasteiger partial charge in [0.05, 0.1) is 23.8 Å². The first kappa shape index (κ1) is 20.1. The van der Waals surface area contributed by atoms with Crippen LogP contribution >= 0.6 is 0 Å². The monoisotopic (exact) mass is 384 g/mol. The van der Waals surface area contributed by atoms with E-state index in [2.05, 4.69) is 5.32 Å². The van der Waals surface area contributed by atoms with Crippen LogP contribution in [0.2, 0.25) is 0 Å². The molecule has 0 spiro atoms. The van der Waals surface area contributed by atoms with Crippen molar-refractivity contribution < 1.29 is 14.7 Å². The van der Waals surface area contributed by atoms with Crippen LogP contribution in [-0.2, 0) is 9.59 Å². The Labute approximate surface area is 165 Å². The highest BCUT2D eigenvalue weighted by molar-refractivity contribution is 5.91. The van der Waals surface area contributed by atoms with Gasteiger partial charge in [0.15, 0.2) is 0 Å². The van der Waals surface area contributed by atoms with Crippen molar-refractivity contribution in [3.63, 3.8) is 0 Å². The Hall–Kier alpha value is -2.67. The normalized spacial score (nSPS) is 15.7. The van der Waals surface area contributed by atoms with Gasteiger partial charge in [0.2, 0.25) is 5.91 Å². The predicted molar refractivity (Wildman–Crippen MR) is 108 cm³/mol. The molecule has 1 unspecified atom stereocenters. The van der Waals surface area contributed by atoms with E-state index in [1.807, 2.05) is 36.4 Å². The van der Waals surface area contributed by atoms with Crippen molar-refractivity contribution in [2.45, 2.75) is 38.5 Å². The second-order valence-electron chi connectivity index (χ2n) is 7.67. The fourth-order valence-electron chi connectivity index (χ4n) is 3.71. The highest BCUT2D eigenvalue weighted by Crippen LogP contribution is 2.35. The average Bonchev–Trinajstić information content (AvgIpc) is 3.31. The van der Waals surface area contributed by atoms with Crippen LogP contribution in [0.5, 0.6) is 0 Å². The van der Waals surface area contributed by atoms with Crippen LogP contribution in [-0.4, -0.2) is 51.8 Å². The highest BCUT2D eigenvalue weighted by atomic mass is 16.4. The lowest BCUT2D eigenvalue weighted by molar-refractivity contribution is -0.141. The smallest absolute Gasteiger partial charge is 0.307 e. The van der Waals surface area contributed by atoms with E-state index in [1.54, 1.807) is 23.6 Å². The van der Waals surface area contributed by atoms with Gasteiger partial charge in [0.25, 0.3) is 0 Å². The number of rotatable bonds is 8. The third kappa shape index (κ3) is 4.98. The SMILES string of the molecule is CC(CN(C)CC(=O)Nc1cc(C2CCCC2)nn1-c1ccccc1)C(=O)O. The van der Waals surface area contributed by atoms with Crippen LogP contribution in [0.3, 0.4) is 0 Å². The van der Waals surface area contributed by atoms with Gasteiger partial charge in [-0.25, -0.2) is 4.68 Å².